The summed E-state index contributed by atoms with van der Waals surface area (Å²) in [5.74, 6) is 0.889. The monoisotopic (exact) mass is 314 g/mol. The van der Waals surface area contributed by atoms with Crippen LogP contribution in [-0.4, -0.2) is 45.2 Å². The molecule has 7 nitrogen and oxygen atoms in total. The molecule has 0 aromatic carbocycles. The molecular formula is C16H22N6O. The van der Waals surface area contributed by atoms with Crippen molar-refractivity contribution in [1.29, 1.82) is 0 Å². The molecule has 1 aliphatic rings. The third kappa shape index (κ3) is 3.49. The van der Waals surface area contributed by atoms with Crippen LogP contribution in [0.1, 0.15) is 48.7 Å². The highest BCUT2D eigenvalue weighted by atomic mass is 16.1. The molecule has 2 aromatic heterocycles. The van der Waals surface area contributed by atoms with Gasteiger partial charge in [-0.25, -0.2) is 9.97 Å². The Labute approximate surface area is 135 Å². The number of piperidine rings is 1. The molecule has 1 fully saturated rings. The second-order valence-electron chi connectivity index (χ2n) is 6.16. The first-order valence-electron chi connectivity index (χ1n) is 8.01. The zero-order valence-corrected chi connectivity index (χ0v) is 13.5. The van der Waals surface area contributed by atoms with Crippen LogP contribution in [0.15, 0.2) is 24.7 Å². The molecule has 2 N–H and O–H groups in total. The number of aromatic amines is 1. The molecule has 3 rings (SSSR count). The molecule has 1 atom stereocenters. The summed E-state index contributed by atoms with van der Waals surface area (Å²) < 4.78 is 0. The number of hydrogen-bond donors (Lipinski definition) is 2. The molecule has 1 saturated heterocycles. The van der Waals surface area contributed by atoms with Gasteiger partial charge in [-0.3, -0.25) is 9.89 Å². The largest absolute Gasteiger partial charge is 0.347 e. The van der Waals surface area contributed by atoms with Crippen molar-refractivity contribution >= 4 is 11.9 Å². The van der Waals surface area contributed by atoms with Gasteiger partial charge in [0.2, 0.25) is 5.95 Å². The lowest BCUT2D eigenvalue weighted by Crippen LogP contribution is -2.48. The van der Waals surface area contributed by atoms with Gasteiger partial charge in [0.25, 0.3) is 5.91 Å². The van der Waals surface area contributed by atoms with Crippen molar-refractivity contribution in [2.24, 2.45) is 0 Å². The van der Waals surface area contributed by atoms with Crippen LogP contribution in [0.3, 0.4) is 0 Å². The van der Waals surface area contributed by atoms with Crippen LogP contribution in [0, 0.1) is 0 Å². The second kappa shape index (κ2) is 6.76. The standard InChI is InChI=1S/C16H22N6O/c1-11(2)14-13(9-19-21-14)15(23)20-12-5-3-8-22(10-12)16-17-6-4-7-18-16/h4,6-7,9,11-12H,3,5,8,10H2,1-2H3,(H,19,21)(H,20,23). The molecule has 1 unspecified atom stereocenters. The second-order valence-corrected chi connectivity index (χ2v) is 6.16. The van der Waals surface area contributed by atoms with Crippen molar-refractivity contribution in [3.63, 3.8) is 0 Å². The maximum absolute atomic E-state index is 12.5. The van der Waals surface area contributed by atoms with Gasteiger partial charge in [-0.05, 0) is 24.8 Å². The fourth-order valence-corrected chi connectivity index (χ4v) is 2.91. The van der Waals surface area contributed by atoms with E-state index in [1.54, 1.807) is 24.7 Å². The Morgan fingerprint density at radius 2 is 2.17 bits per heavy atom. The van der Waals surface area contributed by atoms with Gasteiger partial charge in [-0.2, -0.15) is 5.10 Å². The first-order valence-corrected chi connectivity index (χ1v) is 8.01. The van der Waals surface area contributed by atoms with Gasteiger partial charge in [0.1, 0.15) is 0 Å². The van der Waals surface area contributed by atoms with Crippen LogP contribution in [-0.2, 0) is 0 Å². The lowest BCUT2D eigenvalue weighted by Gasteiger charge is -2.33. The number of amides is 1. The molecule has 23 heavy (non-hydrogen) atoms. The Kier molecular flexibility index (Phi) is 4.55. The van der Waals surface area contributed by atoms with Crippen molar-refractivity contribution in [1.82, 2.24) is 25.5 Å². The van der Waals surface area contributed by atoms with Crippen LogP contribution in [0.4, 0.5) is 5.95 Å². The van der Waals surface area contributed by atoms with Crippen LogP contribution in [0.25, 0.3) is 0 Å². The Morgan fingerprint density at radius 1 is 1.39 bits per heavy atom. The van der Waals surface area contributed by atoms with Gasteiger partial charge >= 0.3 is 0 Å². The van der Waals surface area contributed by atoms with E-state index in [0.717, 1.165) is 37.6 Å². The van der Waals surface area contributed by atoms with Crippen LogP contribution < -0.4 is 10.2 Å². The molecule has 0 bridgehead atoms. The van der Waals surface area contributed by atoms with Gasteiger partial charge in [0, 0.05) is 31.5 Å². The van der Waals surface area contributed by atoms with Crippen molar-refractivity contribution in [2.45, 2.75) is 38.6 Å². The summed E-state index contributed by atoms with van der Waals surface area (Å²) in [5.41, 5.74) is 1.51. The lowest BCUT2D eigenvalue weighted by molar-refractivity contribution is 0.0932. The van der Waals surface area contributed by atoms with Crippen molar-refractivity contribution in [3.8, 4) is 0 Å². The van der Waals surface area contributed by atoms with Crippen molar-refractivity contribution in [3.05, 3.63) is 35.9 Å². The highest BCUT2D eigenvalue weighted by Gasteiger charge is 2.25. The number of hydrogen-bond acceptors (Lipinski definition) is 5. The summed E-state index contributed by atoms with van der Waals surface area (Å²) in [4.78, 5) is 23.2. The molecule has 7 heteroatoms. The van der Waals surface area contributed by atoms with Gasteiger partial charge in [-0.15, -0.1) is 0 Å². The number of anilines is 1. The Hall–Kier alpha value is -2.44. The maximum Gasteiger partial charge on any atom is 0.255 e. The van der Waals surface area contributed by atoms with Crippen LogP contribution in [0.2, 0.25) is 0 Å². The van der Waals surface area contributed by atoms with Crippen molar-refractivity contribution < 1.29 is 4.79 Å². The summed E-state index contributed by atoms with van der Waals surface area (Å²) in [7, 11) is 0. The van der Waals surface area contributed by atoms with Gasteiger partial charge in [0.05, 0.1) is 17.5 Å². The smallest absolute Gasteiger partial charge is 0.255 e. The Bertz CT molecular complexity index is 654. The predicted molar refractivity (Wildman–Crippen MR) is 87.4 cm³/mol. The summed E-state index contributed by atoms with van der Waals surface area (Å²) in [6.45, 7) is 5.72. The summed E-state index contributed by atoms with van der Waals surface area (Å²) in [5, 5.41) is 10.0. The number of H-pyrrole nitrogens is 1. The van der Waals surface area contributed by atoms with E-state index in [1.165, 1.54) is 0 Å². The normalized spacial score (nSPS) is 18.2. The topological polar surface area (TPSA) is 86.8 Å². The molecule has 1 aliphatic heterocycles. The maximum atomic E-state index is 12.5. The van der Waals surface area contributed by atoms with Gasteiger partial charge < -0.3 is 10.2 Å². The first-order chi connectivity index (χ1) is 11.1. The molecule has 3 heterocycles. The Balaban J connectivity index is 1.66. The summed E-state index contributed by atoms with van der Waals surface area (Å²) in [6, 6.07) is 1.90. The molecule has 122 valence electrons. The molecule has 2 aromatic rings. The minimum Gasteiger partial charge on any atom is -0.347 e. The zero-order chi connectivity index (χ0) is 16.2. The van der Waals surface area contributed by atoms with Crippen molar-refractivity contribution in [2.75, 3.05) is 18.0 Å². The minimum absolute atomic E-state index is 0.0664. The predicted octanol–water partition coefficient (Wildman–Crippen LogP) is 1.72. The third-order valence-electron chi connectivity index (χ3n) is 4.08. The number of rotatable bonds is 4. The minimum atomic E-state index is -0.0664. The van der Waals surface area contributed by atoms with E-state index in [0.29, 0.717) is 5.56 Å². The molecule has 0 radical (unpaired) electrons. The van der Waals surface area contributed by atoms with E-state index < -0.39 is 0 Å². The van der Waals surface area contributed by atoms with Crippen LogP contribution in [0.5, 0.6) is 0 Å². The van der Waals surface area contributed by atoms with E-state index >= 15 is 0 Å². The fraction of sp³-hybridized carbons (Fsp3) is 0.500. The Morgan fingerprint density at radius 3 is 2.91 bits per heavy atom. The number of nitrogens with one attached hydrogen (secondary N) is 2. The van der Waals surface area contributed by atoms with E-state index in [9.17, 15) is 4.79 Å². The highest BCUT2D eigenvalue weighted by molar-refractivity contribution is 5.95. The number of nitrogens with zero attached hydrogens (tertiary/aromatic N) is 4. The molecule has 0 aliphatic carbocycles. The van der Waals surface area contributed by atoms with E-state index in [1.807, 2.05) is 13.8 Å². The quantitative estimate of drug-likeness (QED) is 0.897. The van der Waals surface area contributed by atoms with E-state index in [4.69, 9.17) is 0 Å². The van der Waals surface area contributed by atoms with Gasteiger partial charge in [0.15, 0.2) is 0 Å². The third-order valence-corrected chi connectivity index (χ3v) is 4.08. The molecule has 0 spiro atoms. The lowest BCUT2D eigenvalue weighted by atomic mass is 10.0. The van der Waals surface area contributed by atoms with E-state index in [-0.39, 0.29) is 17.9 Å². The average Bonchev–Trinajstić information content (AvgIpc) is 3.06. The van der Waals surface area contributed by atoms with Crippen LogP contribution >= 0.6 is 0 Å². The van der Waals surface area contributed by atoms with E-state index in [2.05, 4.69) is 30.4 Å². The molecular weight excluding hydrogens is 292 g/mol. The fourth-order valence-electron chi connectivity index (χ4n) is 2.91. The zero-order valence-electron chi connectivity index (χ0n) is 13.5. The van der Waals surface area contributed by atoms with Gasteiger partial charge in [-0.1, -0.05) is 13.8 Å². The number of carbonyl (C=O) groups excluding carboxylic acids is 1. The SMILES string of the molecule is CC(C)c1[nH]ncc1C(=O)NC1CCCN(c2ncccn2)C1. The number of aromatic nitrogens is 4. The highest BCUT2D eigenvalue weighted by Crippen LogP contribution is 2.18. The first kappa shape index (κ1) is 15.5. The average molecular weight is 314 g/mol. The summed E-state index contributed by atoms with van der Waals surface area (Å²) >= 11 is 0. The molecule has 0 saturated carbocycles. The summed E-state index contributed by atoms with van der Waals surface area (Å²) in [6.07, 6.45) is 7.05. The molecule has 1 amide bonds. The number of carbonyl (C=O) groups is 1.